The van der Waals surface area contributed by atoms with Crippen LogP contribution in [0.1, 0.15) is 5.56 Å². The number of anilines is 1. The van der Waals surface area contributed by atoms with Gasteiger partial charge in [-0.15, -0.1) is 0 Å². The third kappa shape index (κ3) is 3.41. The van der Waals surface area contributed by atoms with Crippen molar-refractivity contribution < 1.29 is 4.39 Å². The van der Waals surface area contributed by atoms with Crippen LogP contribution in [0.15, 0.2) is 41.0 Å². The molecule has 0 radical (unpaired) electrons. The molecule has 0 aliphatic heterocycles. The molecule has 1 aromatic carbocycles. The van der Waals surface area contributed by atoms with Crippen LogP contribution in [-0.2, 0) is 6.54 Å². The van der Waals surface area contributed by atoms with Crippen LogP contribution in [0.3, 0.4) is 0 Å². The third-order valence-electron chi connectivity index (χ3n) is 2.22. The van der Waals surface area contributed by atoms with Gasteiger partial charge in [0, 0.05) is 16.6 Å². The molecule has 0 spiro atoms. The number of aromatic nitrogens is 1. The highest BCUT2D eigenvalue weighted by Gasteiger charge is 2.02. The maximum atomic E-state index is 13.4. The van der Waals surface area contributed by atoms with Crippen LogP contribution in [0.25, 0.3) is 0 Å². The number of benzene rings is 1. The minimum atomic E-state index is -0.234. The van der Waals surface area contributed by atoms with Crippen molar-refractivity contribution in [3.63, 3.8) is 0 Å². The zero-order chi connectivity index (χ0) is 12.3. The molecule has 1 heterocycles. The summed E-state index contributed by atoms with van der Waals surface area (Å²) in [7, 11) is 0. The molecule has 1 aromatic heterocycles. The van der Waals surface area contributed by atoms with Crippen LogP contribution in [0.5, 0.6) is 0 Å². The van der Waals surface area contributed by atoms with Crippen LogP contribution in [0.4, 0.5) is 10.1 Å². The topological polar surface area (TPSA) is 24.9 Å². The van der Waals surface area contributed by atoms with E-state index in [2.05, 4.69) is 26.2 Å². The first-order chi connectivity index (χ1) is 8.15. The molecule has 0 aliphatic carbocycles. The number of hydrogen-bond acceptors (Lipinski definition) is 2. The molecule has 0 amide bonds. The molecule has 2 rings (SSSR count). The Morgan fingerprint density at radius 3 is 2.82 bits per heavy atom. The normalized spacial score (nSPS) is 10.3. The van der Waals surface area contributed by atoms with Crippen molar-refractivity contribution in [1.29, 1.82) is 0 Å². The van der Waals surface area contributed by atoms with Crippen LogP contribution < -0.4 is 5.32 Å². The second-order valence-corrected chi connectivity index (χ2v) is 4.76. The van der Waals surface area contributed by atoms with Gasteiger partial charge in [0.2, 0.25) is 0 Å². The standard InChI is InChI=1S/C12H9BrClFN2/c13-9-1-3-11(15)8(5-9)6-16-10-2-4-12(14)17-7-10/h1-5,7,16H,6H2. The molecule has 0 saturated heterocycles. The zero-order valence-corrected chi connectivity index (χ0v) is 11.1. The summed E-state index contributed by atoms with van der Waals surface area (Å²) >= 11 is 8.98. The third-order valence-corrected chi connectivity index (χ3v) is 2.93. The van der Waals surface area contributed by atoms with Crippen molar-refractivity contribution in [3.8, 4) is 0 Å². The molecule has 0 saturated carbocycles. The summed E-state index contributed by atoms with van der Waals surface area (Å²) < 4.78 is 14.3. The second kappa shape index (κ2) is 5.47. The Kier molecular flexibility index (Phi) is 3.97. The molecule has 0 unspecified atom stereocenters. The van der Waals surface area contributed by atoms with E-state index in [0.29, 0.717) is 17.3 Å². The van der Waals surface area contributed by atoms with Gasteiger partial charge in [0.15, 0.2) is 0 Å². The minimum Gasteiger partial charge on any atom is -0.380 e. The smallest absolute Gasteiger partial charge is 0.129 e. The molecular weight excluding hydrogens is 307 g/mol. The van der Waals surface area contributed by atoms with Crippen molar-refractivity contribution in [2.24, 2.45) is 0 Å². The quantitative estimate of drug-likeness (QED) is 0.857. The molecule has 2 nitrogen and oxygen atoms in total. The van der Waals surface area contributed by atoms with E-state index in [9.17, 15) is 4.39 Å². The van der Waals surface area contributed by atoms with Gasteiger partial charge in [0.05, 0.1) is 11.9 Å². The highest BCUT2D eigenvalue weighted by atomic mass is 79.9. The van der Waals surface area contributed by atoms with Crippen molar-refractivity contribution in [1.82, 2.24) is 4.98 Å². The molecular formula is C12H9BrClFN2. The molecule has 5 heteroatoms. The SMILES string of the molecule is Fc1ccc(Br)cc1CNc1ccc(Cl)nc1. The molecule has 17 heavy (non-hydrogen) atoms. The summed E-state index contributed by atoms with van der Waals surface area (Å²) in [6, 6.07) is 8.32. The van der Waals surface area contributed by atoms with Gasteiger partial charge in [-0.3, -0.25) is 0 Å². The molecule has 0 fully saturated rings. The maximum absolute atomic E-state index is 13.4. The lowest BCUT2D eigenvalue weighted by molar-refractivity contribution is 0.612. The highest BCUT2D eigenvalue weighted by Crippen LogP contribution is 2.17. The first kappa shape index (κ1) is 12.3. The number of rotatable bonds is 3. The van der Waals surface area contributed by atoms with Crippen LogP contribution in [0, 0.1) is 5.82 Å². The van der Waals surface area contributed by atoms with Gasteiger partial charge in [-0.1, -0.05) is 27.5 Å². The summed E-state index contributed by atoms with van der Waals surface area (Å²) in [6.07, 6.45) is 1.61. The number of pyridine rings is 1. The fourth-order valence-electron chi connectivity index (χ4n) is 1.36. The number of hydrogen-bond donors (Lipinski definition) is 1. The van der Waals surface area contributed by atoms with Gasteiger partial charge in [0.25, 0.3) is 0 Å². The van der Waals surface area contributed by atoms with E-state index in [1.165, 1.54) is 6.07 Å². The maximum Gasteiger partial charge on any atom is 0.129 e. The fraction of sp³-hybridized carbons (Fsp3) is 0.0833. The zero-order valence-electron chi connectivity index (χ0n) is 8.75. The largest absolute Gasteiger partial charge is 0.380 e. The average molecular weight is 316 g/mol. The first-order valence-corrected chi connectivity index (χ1v) is 6.11. The first-order valence-electron chi connectivity index (χ1n) is 4.94. The molecule has 88 valence electrons. The summed E-state index contributed by atoms with van der Waals surface area (Å²) in [5, 5.41) is 3.51. The average Bonchev–Trinajstić information content (AvgIpc) is 2.32. The minimum absolute atomic E-state index is 0.234. The van der Waals surface area contributed by atoms with E-state index in [0.717, 1.165) is 10.2 Å². The van der Waals surface area contributed by atoms with E-state index in [4.69, 9.17) is 11.6 Å². The van der Waals surface area contributed by atoms with Crippen molar-refractivity contribution >= 4 is 33.2 Å². The van der Waals surface area contributed by atoms with E-state index in [1.807, 2.05) is 0 Å². The Morgan fingerprint density at radius 1 is 1.29 bits per heavy atom. The van der Waals surface area contributed by atoms with Gasteiger partial charge in [0.1, 0.15) is 11.0 Å². The predicted molar refractivity (Wildman–Crippen MR) is 70.7 cm³/mol. The van der Waals surface area contributed by atoms with Crippen molar-refractivity contribution in [2.75, 3.05) is 5.32 Å². The van der Waals surface area contributed by atoms with Gasteiger partial charge in [-0.05, 0) is 30.3 Å². The van der Waals surface area contributed by atoms with E-state index in [-0.39, 0.29) is 5.82 Å². The molecule has 0 aliphatic rings. The van der Waals surface area contributed by atoms with E-state index in [1.54, 1.807) is 30.5 Å². The molecule has 2 aromatic rings. The Balaban J connectivity index is 2.07. The molecule has 1 N–H and O–H groups in total. The highest BCUT2D eigenvalue weighted by molar-refractivity contribution is 9.10. The van der Waals surface area contributed by atoms with Crippen molar-refractivity contribution in [3.05, 3.63) is 57.5 Å². The Morgan fingerprint density at radius 2 is 2.12 bits per heavy atom. The summed E-state index contributed by atoms with van der Waals surface area (Å²) in [6.45, 7) is 0.397. The van der Waals surface area contributed by atoms with Crippen LogP contribution >= 0.6 is 27.5 Å². The summed E-state index contributed by atoms with van der Waals surface area (Å²) in [5.41, 5.74) is 1.39. The van der Waals surface area contributed by atoms with Crippen molar-refractivity contribution in [2.45, 2.75) is 6.54 Å². The lowest BCUT2D eigenvalue weighted by Crippen LogP contribution is -2.02. The van der Waals surface area contributed by atoms with E-state index < -0.39 is 0 Å². The van der Waals surface area contributed by atoms with Crippen LogP contribution in [0.2, 0.25) is 5.15 Å². The lowest BCUT2D eigenvalue weighted by Gasteiger charge is -2.07. The summed E-state index contributed by atoms with van der Waals surface area (Å²) in [5.74, 6) is -0.234. The van der Waals surface area contributed by atoms with Gasteiger partial charge >= 0.3 is 0 Å². The Hall–Kier alpha value is -1.13. The monoisotopic (exact) mass is 314 g/mol. The van der Waals surface area contributed by atoms with Gasteiger partial charge in [-0.2, -0.15) is 0 Å². The number of halogens is 3. The Labute approximate surface area is 112 Å². The van der Waals surface area contributed by atoms with Gasteiger partial charge < -0.3 is 5.32 Å². The second-order valence-electron chi connectivity index (χ2n) is 3.46. The van der Waals surface area contributed by atoms with E-state index >= 15 is 0 Å². The van der Waals surface area contributed by atoms with Crippen LogP contribution in [-0.4, -0.2) is 4.98 Å². The van der Waals surface area contributed by atoms with Gasteiger partial charge in [-0.25, -0.2) is 9.37 Å². The Bertz CT molecular complexity index is 516. The molecule has 0 bridgehead atoms. The fourth-order valence-corrected chi connectivity index (χ4v) is 1.88. The lowest BCUT2D eigenvalue weighted by atomic mass is 10.2. The summed E-state index contributed by atoms with van der Waals surface area (Å²) in [4.78, 5) is 3.93. The number of nitrogens with zero attached hydrogens (tertiary/aromatic N) is 1. The molecule has 0 atom stereocenters. The number of nitrogens with one attached hydrogen (secondary N) is 1. The predicted octanol–water partition coefficient (Wildman–Crippen LogP) is 4.25.